The highest BCUT2D eigenvalue weighted by molar-refractivity contribution is 5.81. The van der Waals surface area contributed by atoms with Crippen LogP contribution >= 0.6 is 0 Å². The standard InChI is InChI=1S/C19H37N3O/c1-4-17(21(3)5-2)18(23)20-16-19(12-8-6-9-13-19)22-14-10-7-11-15-22/h17H,4-16H2,1-3H3,(H,20,23). The van der Waals surface area contributed by atoms with Crippen molar-refractivity contribution >= 4 is 5.91 Å². The van der Waals surface area contributed by atoms with Gasteiger partial charge in [-0.2, -0.15) is 0 Å². The van der Waals surface area contributed by atoms with E-state index < -0.39 is 0 Å². The number of likely N-dealkylation sites (tertiary alicyclic amines) is 1. The Morgan fingerprint density at radius 2 is 1.70 bits per heavy atom. The number of hydrogen-bond acceptors (Lipinski definition) is 3. The molecule has 4 heteroatoms. The molecule has 134 valence electrons. The molecular weight excluding hydrogens is 286 g/mol. The summed E-state index contributed by atoms with van der Waals surface area (Å²) in [5.41, 5.74) is 0.234. The molecule has 1 unspecified atom stereocenters. The van der Waals surface area contributed by atoms with E-state index in [1.165, 1.54) is 64.5 Å². The Hall–Kier alpha value is -0.610. The molecule has 2 rings (SSSR count). The van der Waals surface area contributed by atoms with Gasteiger partial charge in [0.15, 0.2) is 0 Å². The number of carbonyl (C=O) groups excluding carboxylic acids is 1. The summed E-state index contributed by atoms with van der Waals surface area (Å²) in [6, 6.07) is 0.0157. The van der Waals surface area contributed by atoms with Crippen LogP contribution in [-0.4, -0.2) is 60.5 Å². The van der Waals surface area contributed by atoms with Gasteiger partial charge in [-0.05, 0) is 58.8 Å². The van der Waals surface area contributed by atoms with Crippen molar-refractivity contribution in [2.24, 2.45) is 0 Å². The molecule has 23 heavy (non-hydrogen) atoms. The summed E-state index contributed by atoms with van der Waals surface area (Å²) in [7, 11) is 2.05. The van der Waals surface area contributed by atoms with Crippen molar-refractivity contribution in [2.45, 2.75) is 83.2 Å². The van der Waals surface area contributed by atoms with Crippen LogP contribution in [0.4, 0.5) is 0 Å². The summed E-state index contributed by atoms with van der Waals surface area (Å²) >= 11 is 0. The lowest BCUT2D eigenvalue weighted by Crippen LogP contribution is -2.59. The third kappa shape index (κ3) is 4.69. The van der Waals surface area contributed by atoms with Crippen LogP contribution in [0.3, 0.4) is 0 Å². The van der Waals surface area contributed by atoms with Crippen LogP contribution in [0.1, 0.15) is 71.6 Å². The first-order valence-corrected chi connectivity index (χ1v) is 9.86. The summed E-state index contributed by atoms with van der Waals surface area (Å²) in [4.78, 5) is 17.5. The lowest BCUT2D eigenvalue weighted by Gasteiger charge is -2.48. The molecule has 1 amide bonds. The molecule has 1 heterocycles. The molecule has 1 aliphatic heterocycles. The molecule has 1 aliphatic carbocycles. The van der Waals surface area contributed by atoms with E-state index in [0.717, 1.165) is 19.5 Å². The molecule has 0 radical (unpaired) electrons. The van der Waals surface area contributed by atoms with E-state index in [9.17, 15) is 4.79 Å². The highest BCUT2D eigenvalue weighted by Crippen LogP contribution is 2.35. The Bertz CT molecular complexity index is 360. The fourth-order valence-electron chi connectivity index (χ4n) is 4.47. The summed E-state index contributed by atoms with van der Waals surface area (Å²) in [5, 5.41) is 3.33. The molecule has 0 bridgehead atoms. The molecule has 1 saturated heterocycles. The molecule has 4 nitrogen and oxygen atoms in total. The van der Waals surface area contributed by atoms with Gasteiger partial charge in [0.2, 0.25) is 5.91 Å². The van der Waals surface area contributed by atoms with Crippen LogP contribution in [0.5, 0.6) is 0 Å². The Labute approximate surface area is 143 Å². The zero-order chi connectivity index (χ0) is 16.7. The van der Waals surface area contributed by atoms with E-state index in [2.05, 4.69) is 36.0 Å². The van der Waals surface area contributed by atoms with Crippen molar-refractivity contribution < 1.29 is 4.79 Å². The fraction of sp³-hybridized carbons (Fsp3) is 0.947. The first-order valence-electron chi connectivity index (χ1n) is 9.86. The van der Waals surface area contributed by atoms with Crippen LogP contribution in [0.25, 0.3) is 0 Å². The maximum Gasteiger partial charge on any atom is 0.237 e. The van der Waals surface area contributed by atoms with E-state index in [0.29, 0.717) is 0 Å². The van der Waals surface area contributed by atoms with Gasteiger partial charge in [-0.1, -0.05) is 39.5 Å². The predicted octanol–water partition coefficient (Wildman–Crippen LogP) is 3.02. The van der Waals surface area contributed by atoms with Crippen LogP contribution in [0, 0.1) is 0 Å². The highest BCUT2D eigenvalue weighted by atomic mass is 16.2. The van der Waals surface area contributed by atoms with Crippen molar-refractivity contribution in [1.29, 1.82) is 0 Å². The zero-order valence-corrected chi connectivity index (χ0v) is 15.6. The SMILES string of the molecule is CCC(C(=O)NCC1(N2CCCCC2)CCCCC1)N(C)CC. The Morgan fingerprint density at radius 1 is 1.09 bits per heavy atom. The monoisotopic (exact) mass is 323 g/mol. The Balaban J connectivity index is 1.98. The van der Waals surface area contributed by atoms with Gasteiger partial charge in [0.05, 0.1) is 6.04 Å². The van der Waals surface area contributed by atoms with Crippen molar-refractivity contribution in [1.82, 2.24) is 15.1 Å². The van der Waals surface area contributed by atoms with Gasteiger partial charge in [-0.15, -0.1) is 0 Å². The predicted molar refractivity (Wildman–Crippen MR) is 96.6 cm³/mol. The molecule has 1 N–H and O–H groups in total. The number of rotatable bonds is 7. The van der Waals surface area contributed by atoms with Gasteiger partial charge in [-0.3, -0.25) is 14.6 Å². The lowest BCUT2D eigenvalue weighted by molar-refractivity contribution is -0.127. The van der Waals surface area contributed by atoms with Gasteiger partial charge >= 0.3 is 0 Å². The van der Waals surface area contributed by atoms with Crippen molar-refractivity contribution in [2.75, 3.05) is 33.2 Å². The van der Waals surface area contributed by atoms with E-state index in [1.54, 1.807) is 0 Å². The van der Waals surface area contributed by atoms with Crippen LogP contribution in [0.2, 0.25) is 0 Å². The van der Waals surface area contributed by atoms with Crippen LogP contribution < -0.4 is 5.32 Å². The number of nitrogens with zero attached hydrogens (tertiary/aromatic N) is 2. The average Bonchev–Trinajstić information content (AvgIpc) is 2.62. The number of carbonyl (C=O) groups is 1. The average molecular weight is 324 g/mol. The quantitative estimate of drug-likeness (QED) is 0.782. The second-order valence-electron chi connectivity index (χ2n) is 7.55. The second kappa shape index (κ2) is 9.03. The first kappa shape index (κ1) is 18.7. The number of piperidine rings is 1. The maximum atomic E-state index is 12.7. The maximum absolute atomic E-state index is 12.7. The summed E-state index contributed by atoms with van der Waals surface area (Å²) in [6.45, 7) is 8.44. The van der Waals surface area contributed by atoms with E-state index in [1.807, 2.05) is 0 Å². The van der Waals surface area contributed by atoms with Crippen LogP contribution in [0.15, 0.2) is 0 Å². The topological polar surface area (TPSA) is 35.6 Å². The Morgan fingerprint density at radius 3 is 2.26 bits per heavy atom. The minimum Gasteiger partial charge on any atom is -0.353 e. The van der Waals surface area contributed by atoms with Crippen molar-refractivity contribution in [3.63, 3.8) is 0 Å². The van der Waals surface area contributed by atoms with Gasteiger partial charge in [-0.25, -0.2) is 0 Å². The Kier molecular flexibility index (Phi) is 7.35. The third-order valence-electron chi connectivity index (χ3n) is 6.12. The van der Waals surface area contributed by atoms with E-state index >= 15 is 0 Å². The van der Waals surface area contributed by atoms with Gasteiger partial charge < -0.3 is 5.32 Å². The minimum absolute atomic E-state index is 0.0157. The molecule has 0 aromatic heterocycles. The van der Waals surface area contributed by atoms with Crippen LogP contribution in [-0.2, 0) is 4.79 Å². The summed E-state index contributed by atoms with van der Waals surface area (Å²) < 4.78 is 0. The molecule has 1 atom stereocenters. The molecule has 2 aliphatic rings. The zero-order valence-electron chi connectivity index (χ0n) is 15.6. The summed E-state index contributed by atoms with van der Waals surface area (Å²) in [5.74, 6) is 0.221. The van der Waals surface area contributed by atoms with Gasteiger partial charge in [0.25, 0.3) is 0 Å². The molecule has 0 aromatic rings. The summed E-state index contributed by atoms with van der Waals surface area (Å²) in [6.07, 6.45) is 11.4. The first-order chi connectivity index (χ1) is 11.1. The smallest absolute Gasteiger partial charge is 0.237 e. The third-order valence-corrected chi connectivity index (χ3v) is 6.12. The number of amides is 1. The number of likely N-dealkylation sites (N-methyl/N-ethyl adjacent to an activating group) is 1. The van der Waals surface area contributed by atoms with Gasteiger partial charge in [0.1, 0.15) is 0 Å². The van der Waals surface area contributed by atoms with E-state index in [-0.39, 0.29) is 17.5 Å². The second-order valence-corrected chi connectivity index (χ2v) is 7.55. The molecule has 0 spiro atoms. The van der Waals surface area contributed by atoms with Crippen molar-refractivity contribution in [3.05, 3.63) is 0 Å². The number of hydrogen-bond donors (Lipinski definition) is 1. The van der Waals surface area contributed by atoms with E-state index in [4.69, 9.17) is 0 Å². The molecule has 1 saturated carbocycles. The minimum atomic E-state index is 0.0157. The largest absolute Gasteiger partial charge is 0.353 e. The molecule has 2 fully saturated rings. The van der Waals surface area contributed by atoms with Gasteiger partial charge in [0, 0.05) is 12.1 Å². The lowest BCUT2D eigenvalue weighted by atomic mass is 9.79. The van der Waals surface area contributed by atoms with Crippen molar-refractivity contribution in [3.8, 4) is 0 Å². The highest BCUT2D eigenvalue weighted by Gasteiger charge is 2.39. The molecule has 0 aromatic carbocycles. The number of nitrogens with one attached hydrogen (secondary N) is 1. The molecular formula is C19H37N3O. The fourth-order valence-corrected chi connectivity index (χ4v) is 4.47. The normalized spacial score (nSPS) is 23.7.